The minimum atomic E-state index is -0.484. The van der Waals surface area contributed by atoms with Gasteiger partial charge in [-0.15, -0.1) is 11.3 Å². The molecule has 0 atom stereocenters. The number of thioether (sulfide) groups is 1. The molecule has 0 aliphatic carbocycles. The summed E-state index contributed by atoms with van der Waals surface area (Å²) in [6.45, 7) is 5.67. The summed E-state index contributed by atoms with van der Waals surface area (Å²) in [5, 5.41) is 5.42. The third-order valence-corrected chi connectivity index (χ3v) is 5.84. The second kappa shape index (κ2) is 9.73. The first kappa shape index (κ1) is 21.8. The van der Waals surface area contributed by atoms with Crippen LogP contribution in [0.3, 0.4) is 0 Å². The van der Waals surface area contributed by atoms with Crippen LogP contribution in [0.5, 0.6) is 0 Å². The number of H-pyrrole nitrogens is 1. The Hall–Kier alpha value is -2.91. The van der Waals surface area contributed by atoms with Crippen molar-refractivity contribution in [2.75, 3.05) is 17.7 Å². The largest absolute Gasteiger partial charge is 0.462 e. The molecule has 0 aliphatic heterocycles. The quantitative estimate of drug-likeness (QED) is 0.325. The molecule has 0 fully saturated rings. The molecule has 2 N–H and O–H groups in total. The van der Waals surface area contributed by atoms with Crippen molar-refractivity contribution < 1.29 is 14.3 Å². The van der Waals surface area contributed by atoms with Gasteiger partial charge < -0.3 is 15.0 Å². The molecule has 2 heterocycles. The summed E-state index contributed by atoms with van der Waals surface area (Å²) < 4.78 is 5.21. The lowest BCUT2D eigenvalue weighted by Crippen LogP contribution is -2.17. The van der Waals surface area contributed by atoms with Gasteiger partial charge in [0.1, 0.15) is 10.6 Å². The molecule has 3 aromatic rings. The van der Waals surface area contributed by atoms with Crippen LogP contribution < -0.4 is 10.9 Å². The molecule has 156 valence electrons. The summed E-state index contributed by atoms with van der Waals surface area (Å²) in [4.78, 5) is 43.4. The molecule has 1 aromatic carbocycles. The van der Waals surface area contributed by atoms with E-state index in [-0.39, 0.29) is 23.8 Å². The Morgan fingerprint density at radius 1 is 1.23 bits per heavy atom. The Morgan fingerprint density at radius 2 is 1.97 bits per heavy atom. The highest BCUT2D eigenvalue weighted by Gasteiger charge is 2.23. The number of aromatic amines is 1. The third-order valence-electron chi connectivity index (χ3n) is 4.07. The van der Waals surface area contributed by atoms with Crippen LogP contribution >= 0.6 is 23.1 Å². The summed E-state index contributed by atoms with van der Waals surface area (Å²) >= 11 is 2.38. The van der Waals surface area contributed by atoms with Crippen LogP contribution in [0.25, 0.3) is 11.1 Å². The summed E-state index contributed by atoms with van der Waals surface area (Å²) in [7, 11) is 0. The highest BCUT2D eigenvalue weighted by atomic mass is 32.2. The van der Waals surface area contributed by atoms with Crippen molar-refractivity contribution in [3.8, 4) is 11.1 Å². The lowest BCUT2D eigenvalue weighted by molar-refractivity contribution is -0.113. The number of carbonyl (C=O) groups excluding carboxylic acids is 2. The number of carbonyl (C=O) groups is 2. The standard InChI is InChI=1S/C21H21N3O4S2/c1-4-28-20(27)18-15(14-7-5-12(2)6-8-14)10-29-19(18)23-17(26)11-30-21-22-13(3)9-16(25)24-21/h5-10H,4,11H2,1-3H3,(H,23,26)(H,22,24,25). The van der Waals surface area contributed by atoms with Crippen LogP contribution in [0, 0.1) is 13.8 Å². The van der Waals surface area contributed by atoms with Crippen molar-refractivity contribution in [3.05, 3.63) is 62.9 Å². The van der Waals surface area contributed by atoms with Gasteiger partial charge in [-0.2, -0.15) is 0 Å². The van der Waals surface area contributed by atoms with E-state index in [9.17, 15) is 14.4 Å². The van der Waals surface area contributed by atoms with Crippen LogP contribution in [0.4, 0.5) is 5.00 Å². The normalized spacial score (nSPS) is 10.6. The third kappa shape index (κ3) is 5.37. The van der Waals surface area contributed by atoms with Crippen molar-refractivity contribution in [2.24, 2.45) is 0 Å². The van der Waals surface area contributed by atoms with Crippen LogP contribution in [-0.2, 0) is 9.53 Å². The maximum atomic E-state index is 12.6. The zero-order valence-electron chi connectivity index (χ0n) is 16.8. The van der Waals surface area contributed by atoms with Gasteiger partial charge in [-0.1, -0.05) is 41.6 Å². The van der Waals surface area contributed by atoms with Gasteiger partial charge in [0.15, 0.2) is 5.16 Å². The molecule has 0 bridgehead atoms. The first-order chi connectivity index (χ1) is 14.4. The van der Waals surface area contributed by atoms with Gasteiger partial charge in [0.05, 0.1) is 12.4 Å². The summed E-state index contributed by atoms with van der Waals surface area (Å²) in [5.74, 6) is -0.763. The Kier molecular flexibility index (Phi) is 7.07. The van der Waals surface area contributed by atoms with Gasteiger partial charge in [0.25, 0.3) is 5.56 Å². The maximum absolute atomic E-state index is 12.6. The van der Waals surface area contributed by atoms with Gasteiger partial charge in [0.2, 0.25) is 5.91 Å². The fourth-order valence-corrected chi connectivity index (χ4v) is 4.41. The number of aryl methyl sites for hydroxylation is 2. The molecule has 0 spiro atoms. The Balaban J connectivity index is 1.80. The van der Waals surface area contributed by atoms with Gasteiger partial charge in [-0.25, -0.2) is 9.78 Å². The van der Waals surface area contributed by atoms with Crippen molar-refractivity contribution in [1.29, 1.82) is 0 Å². The number of anilines is 1. The highest BCUT2D eigenvalue weighted by molar-refractivity contribution is 7.99. The highest BCUT2D eigenvalue weighted by Crippen LogP contribution is 2.36. The van der Waals surface area contributed by atoms with E-state index in [1.165, 1.54) is 17.4 Å². The van der Waals surface area contributed by atoms with Crippen LogP contribution in [-0.4, -0.2) is 34.2 Å². The Morgan fingerprint density at radius 3 is 2.63 bits per heavy atom. The lowest BCUT2D eigenvalue weighted by atomic mass is 10.0. The van der Waals surface area contributed by atoms with E-state index in [1.807, 2.05) is 36.6 Å². The van der Waals surface area contributed by atoms with E-state index in [1.54, 1.807) is 13.8 Å². The average Bonchev–Trinajstić information content (AvgIpc) is 3.10. The molecule has 0 saturated carbocycles. The molecule has 3 rings (SSSR count). The van der Waals surface area contributed by atoms with Gasteiger partial charge in [0, 0.05) is 22.7 Å². The molecule has 0 radical (unpaired) electrons. The Bertz CT molecular complexity index is 1120. The zero-order valence-corrected chi connectivity index (χ0v) is 18.4. The predicted octanol–water partition coefficient (Wildman–Crippen LogP) is 4.02. The number of hydrogen-bond donors (Lipinski definition) is 2. The van der Waals surface area contributed by atoms with Crippen molar-refractivity contribution in [2.45, 2.75) is 25.9 Å². The predicted molar refractivity (Wildman–Crippen MR) is 119 cm³/mol. The summed E-state index contributed by atoms with van der Waals surface area (Å²) in [5.41, 5.74) is 3.34. The molecule has 1 amide bonds. The van der Waals surface area contributed by atoms with Crippen LogP contribution in [0.2, 0.25) is 0 Å². The van der Waals surface area contributed by atoms with Crippen LogP contribution in [0.1, 0.15) is 28.5 Å². The summed E-state index contributed by atoms with van der Waals surface area (Å²) in [6, 6.07) is 9.18. The SMILES string of the molecule is CCOC(=O)c1c(-c2ccc(C)cc2)csc1NC(=O)CSc1nc(C)cc(=O)[nH]1. The van der Waals surface area contributed by atoms with E-state index in [2.05, 4.69) is 15.3 Å². The maximum Gasteiger partial charge on any atom is 0.341 e. The number of thiophene rings is 1. The molecule has 0 unspecified atom stereocenters. The number of hydrogen-bond acceptors (Lipinski definition) is 7. The van der Waals surface area contributed by atoms with Crippen molar-refractivity contribution in [3.63, 3.8) is 0 Å². The second-order valence-corrected chi connectivity index (χ2v) is 8.31. The molecule has 0 saturated heterocycles. The first-order valence-electron chi connectivity index (χ1n) is 9.23. The monoisotopic (exact) mass is 443 g/mol. The van der Waals surface area contributed by atoms with Gasteiger partial charge in [-0.05, 0) is 26.3 Å². The lowest BCUT2D eigenvalue weighted by Gasteiger charge is -2.09. The zero-order chi connectivity index (χ0) is 21.7. The second-order valence-electron chi connectivity index (χ2n) is 6.47. The number of ether oxygens (including phenoxy) is 1. The topological polar surface area (TPSA) is 101 Å². The fourth-order valence-electron chi connectivity index (χ4n) is 2.72. The number of amides is 1. The van der Waals surface area contributed by atoms with Crippen molar-refractivity contribution >= 4 is 40.0 Å². The van der Waals surface area contributed by atoms with E-state index in [0.29, 0.717) is 27.0 Å². The average molecular weight is 444 g/mol. The van der Waals surface area contributed by atoms with E-state index < -0.39 is 5.97 Å². The Labute approximate surface area is 181 Å². The number of esters is 1. The smallest absolute Gasteiger partial charge is 0.341 e. The molecular formula is C21H21N3O4S2. The molecule has 30 heavy (non-hydrogen) atoms. The number of aromatic nitrogens is 2. The van der Waals surface area contributed by atoms with Gasteiger partial charge >= 0.3 is 5.97 Å². The number of benzene rings is 1. The molecule has 0 aliphatic rings. The number of nitrogens with zero attached hydrogens (tertiary/aromatic N) is 1. The van der Waals surface area contributed by atoms with Crippen molar-refractivity contribution in [1.82, 2.24) is 9.97 Å². The fraction of sp³-hybridized carbons (Fsp3) is 0.238. The minimum absolute atomic E-state index is 0.0342. The van der Waals surface area contributed by atoms with E-state index in [4.69, 9.17) is 4.74 Å². The molecule has 2 aromatic heterocycles. The minimum Gasteiger partial charge on any atom is -0.462 e. The number of rotatable bonds is 7. The van der Waals surface area contributed by atoms with Gasteiger partial charge in [-0.3, -0.25) is 9.59 Å². The molecular weight excluding hydrogens is 422 g/mol. The van der Waals surface area contributed by atoms with E-state index >= 15 is 0 Å². The molecule has 9 heteroatoms. The van der Waals surface area contributed by atoms with E-state index in [0.717, 1.165) is 22.9 Å². The molecule has 7 nitrogen and oxygen atoms in total. The van der Waals surface area contributed by atoms with Crippen LogP contribution in [0.15, 0.2) is 45.7 Å². The first-order valence-corrected chi connectivity index (χ1v) is 11.1. The summed E-state index contributed by atoms with van der Waals surface area (Å²) in [6.07, 6.45) is 0. The number of nitrogens with one attached hydrogen (secondary N) is 2.